The number of nitrogens with one attached hydrogen (secondary N) is 1. The first-order valence-electron chi connectivity index (χ1n) is 6.00. The number of halogens is 1. The number of aromatic nitrogens is 3. The summed E-state index contributed by atoms with van der Waals surface area (Å²) in [5, 5.41) is 7.56. The molecule has 96 valence electrons. The quantitative estimate of drug-likeness (QED) is 0.837. The van der Waals surface area contributed by atoms with Crippen LogP contribution in [0.2, 0.25) is 0 Å². The summed E-state index contributed by atoms with van der Waals surface area (Å²) in [4.78, 5) is 4.30. The first-order valence-corrected chi connectivity index (χ1v) is 6.99. The van der Waals surface area contributed by atoms with E-state index in [1.54, 1.807) is 30.0 Å². The van der Waals surface area contributed by atoms with Gasteiger partial charge in [0.05, 0.1) is 5.56 Å². The average Bonchev–Trinajstić information content (AvgIpc) is 2.85. The minimum atomic E-state index is -0.285. The summed E-state index contributed by atoms with van der Waals surface area (Å²) in [6, 6.07) is 6.56. The number of rotatable bonds is 5. The summed E-state index contributed by atoms with van der Waals surface area (Å²) in [6.07, 6.45) is 1.14. The molecule has 0 radical (unpaired) electrons. The average molecular weight is 265 g/mol. The van der Waals surface area contributed by atoms with Crippen LogP contribution in [0.15, 0.2) is 29.4 Å². The van der Waals surface area contributed by atoms with Crippen molar-refractivity contribution in [2.75, 3.05) is 5.75 Å². The van der Waals surface area contributed by atoms with Crippen LogP contribution in [0.4, 0.5) is 4.39 Å². The molecule has 1 unspecified atom stereocenters. The van der Waals surface area contributed by atoms with Gasteiger partial charge < -0.3 is 0 Å². The number of nitrogens with zero attached hydrogens (tertiary/aromatic N) is 2. The van der Waals surface area contributed by atoms with Gasteiger partial charge in [0, 0.05) is 5.75 Å². The molecule has 0 saturated heterocycles. The van der Waals surface area contributed by atoms with Crippen molar-refractivity contribution in [2.45, 2.75) is 25.4 Å². The number of benzene rings is 1. The van der Waals surface area contributed by atoms with Crippen LogP contribution in [0.3, 0.4) is 0 Å². The summed E-state index contributed by atoms with van der Waals surface area (Å²) in [5.74, 6) is 1.81. The number of hydrogen-bond donors (Lipinski definition) is 1. The second-order valence-electron chi connectivity index (χ2n) is 4.27. The fourth-order valence-corrected chi connectivity index (χ4v) is 2.35. The fourth-order valence-electron chi connectivity index (χ4n) is 1.42. The molecule has 3 nitrogen and oxygen atoms in total. The zero-order valence-electron chi connectivity index (χ0n) is 10.5. The Bertz CT molecular complexity index is 512. The van der Waals surface area contributed by atoms with Crippen molar-refractivity contribution in [1.29, 1.82) is 0 Å². The van der Waals surface area contributed by atoms with Crippen molar-refractivity contribution in [3.63, 3.8) is 0 Å². The van der Waals surface area contributed by atoms with Crippen LogP contribution in [0, 0.1) is 11.7 Å². The van der Waals surface area contributed by atoms with Crippen molar-refractivity contribution < 1.29 is 4.39 Å². The highest BCUT2D eigenvalue weighted by atomic mass is 32.2. The lowest BCUT2D eigenvalue weighted by Gasteiger charge is -2.04. The van der Waals surface area contributed by atoms with Gasteiger partial charge in [-0.1, -0.05) is 44.2 Å². The van der Waals surface area contributed by atoms with Gasteiger partial charge in [0.2, 0.25) is 5.16 Å². The minimum absolute atomic E-state index is 0.285. The van der Waals surface area contributed by atoms with Crippen LogP contribution in [0.1, 0.15) is 20.3 Å². The maximum Gasteiger partial charge on any atom is 0.208 e. The summed E-state index contributed by atoms with van der Waals surface area (Å²) >= 11 is 1.60. The fraction of sp³-hybridized carbons (Fsp3) is 0.385. The van der Waals surface area contributed by atoms with Gasteiger partial charge in [-0.05, 0) is 18.1 Å². The molecule has 0 fully saturated rings. The molecule has 1 heterocycles. The van der Waals surface area contributed by atoms with Crippen LogP contribution in [-0.2, 0) is 0 Å². The number of thioether (sulfide) groups is 1. The third kappa shape index (κ3) is 3.10. The molecule has 2 rings (SSSR count). The van der Waals surface area contributed by atoms with Crippen LogP contribution in [-0.4, -0.2) is 20.9 Å². The Morgan fingerprint density at radius 1 is 1.39 bits per heavy atom. The Hall–Kier alpha value is -1.36. The number of H-pyrrole nitrogens is 1. The third-order valence-corrected chi connectivity index (χ3v) is 3.96. The molecule has 0 aliphatic heterocycles. The molecule has 0 aliphatic rings. The van der Waals surface area contributed by atoms with E-state index in [-0.39, 0.29) is 5.82 Å². The van der Waals surface area contributed by atoms with E-state index in [2.05, 4.69) is 29.0 Å². The highest BCUT2D eigenvalue weighted by Crippen LogP contribution is 2.23. The molecule has 5 heteroatoms. The van der Waals surface area contributed by atoms with Gasteiger partial charge >= 0.3 is 0 Å². The van der Waals surface area contributed by atoms with Crippen molar-refractivity contribution in [1.82, 2.24) is 15.2 Å². The molecule has 2 aromatic rings. The third-order valence-electron chi connectivity index (χ3n) is 2.79. The van der Waals surface area contributed by atoms with E-state index in [0.717, 1.165) is 12.2 Å². The van der Waals surface area contributed by atoms with E-state index in [4.69, 9.17) is 0 Å². The highest BCUT2D eigenvalue weighted by Gasteiger charge is 2.10. The lowest BCUT2D eigenvalue weighted by Crippen LogP contribution is -1.95. The summed E-state index contributed by atoms with van der Waals surface area (Å²) < 4.78 is 13.6. The molecular formula is C13H16FN3S. The van der Waals surface area contributed by atoms with Gasteiger partial charge in [-0.2, -0.15) is 0 Å². The van der Waals surface area contributed by atoms with Crippen LogP contribution in [0.25, 0.3) is 11.4 Å². The molecule has 18 heavy (non-hydrogen) atoms. The van der Waals surface area contributed by atoms with Gasteiger partial charge in [-0.15, -0.1) is 5.10 Å². The zero-order chi connectivity index (χ0) is 13.0. The van der Waals surface area contributed by atoms with Crippen molar-refractivity contribution >= 4 is 11.8 Å². The monoisotopic (exact) mass is 265 g/mol. The maximum absolute atomic E-state index is 13.6. The standard InChI is InChI=1S/C13H16FN3S/c1-3-9(2)8-18-13-15-12(16-17-13)10-6-4-5-7-11(10)14/h4-7,9H,3,8H2,1-2H3,(H,15,16,17). The Balaban J connectivity index is 2.09. The lowest BCUT2D eigenvalue weighted by atomic mass is 10.2. The Labute approximate surface area is 110 Å². The Morgan fingerprint density at radius 3 is 2.89 bits per heavy atom. The van der Waals surface area contributed by atoms with Crippen LogP contribution in [0.5, 0.6) is 0 Å². The van der Waals surface area contributed by atoms with E-state index < -0.39 is 0 Å². The first-order chi connectivity index (χ1) is 8.70. The summed E-state index contributed by atoms with van der Waals surface area (Å²) in [5.41, 5.74) is 0.459. The van der Waals surface area contributed by atoms with E-state index in [1.807, 2.05) is 0 Å². The van der Waals surface area contributed by atoms with Crippen molar-refractivity contribution in [3.8, 4) is 11.4 Å². The predicted molar refractivity (Wildman–Crippen MR) is 72.0 cm³/mol. The molecule has 0 amide bonds. The molecule has 0 spiro atoms. The van der Waals surface area contributed by atoms with Crippen LogP contribution < -0.4 is 0 Å². The Morgan fingerprint density at radius 2 is 2.17 bits per heavy atom. The lowest BCUT2D eigenvalue weighted by molar-refractivity contribution is 0.630. The SMILES string of the molecule is CCC(C)CSc1n[nH]c(-c2ccccc2F)n1. The van der Waals surface area contributed by atoms with E-state index in [0.29, 0.717) is 22.5 Å². The summed E-state index contributed by atoms with van der Waals surface area (Å²) in [6.45, 7) is 4.35. The Kier molecular flexibility index (Phi) is 4.36. The molecule has 1 aromatic carbocycles. The first kappa shape index (κ1) is 13.1. The second-order valence-corrected chi connectivity index (χ2v) is 5.26. The highest BCUT2D eigenvalue weighted by molar-refractivity contribution is 7.99. The second kappa shape index (κ2) is 6.00. The van der Waals surface area contributed by atoms with Crippen molar-refractivity contribution in [2.24, 2.45) is 5.92 Å². The van der Waals surface area contributed by atoms with Crippen molar-refractivity contribution in [3.05, 3.63) is 30.1 Å². The van der Waals surface area contributed by atoms with Gasteiger partial charge in [-0.3, -0.25) is 5.10 Å². The number of hydrogen-bond acceptors (Lipinski definition) is 3. The van der Waals surface area contributed by atoms with Crippen LogP contribution >= 0.6 is 11.8 Å². The molecule has 1 aromatic heterocycles. The summed E-state index contributed by atoms with van der Waals surface area (Å²) in [7, 11) is 0. The van der Waals surface area contributed by atoms with Gasteiger partial charge in [0.1, 0.15) is 5.82 Å². The normalized spacial score (nSPS) is 12.6. The predicted octanol–water partition coefficient (Wildman–Crippen LogP) is 3.75. The largest absolute Gasteiger partial charge is 0.258 e. The zero-order valence-corrected chi connectivity index (χ0v) is 11.3. The maximum atomic E-state index is 13.6. The molecular weight excluding hydrogens is 249 g/mol. The van der Waals surface area contributed by atoms with Gasteiger partial charge in [-0.25, -0.2) is 9.37 Å². The molecule has 0 aliphatic carbocycles. The smallest absolute Gasteiger partial charge is 0.208 e. The van der Waals surface area contributed by atoms with Gasteiger partial charge in [0.25, 0.3) is 0 Å². The molecule has 1 atom stereocenters. The topological polar surface area (TPSA) is 41.6 Å². The molecule has 0 bridgehead atoms. The van der Waals surface area contributed by atoms with E-state index in [9.17, 15) is 4.39 Å². The molecule has 0 saturated carbocycles. The number of aromatic amines is 1. The van der Waals surface area contributed by atoms with E-state index >= 15 is 0 Å². The molecule has 1 N–H and O–H groups in total. The van der Waals surface area contributed by atoms with E-state index in [1.165, 1.54) is 6.07 Å². The minimum Gasteiger partial charge on any atom is -0.258 e. The van der Waals surface area contributed by atoms with Gasteiger partial charge in [0.15, 0.2) is 5.82 Å².